The molecular formula is C18H22AlFeO12+4. The number of carboxylic acid groups (broad SMARTS) is 6. The average molecular weight is 513 g/mol. The van der Waals surface area contributed by atoms with Gasteiger partial charge in [-0.1, -0.05) is 39.5 Å². The Bertz CT molecular complexity index is 488. The molecule has 0 aromatic heterocycles. The first-order valence-corrected chi connectivity index (χ1v) is 6.71. The molecule has 32 heavy (non-hydrogen) atoms. The molecule has 0 heterocycles. The Morgan fingerprint density at radius 1 is 0.469 bits per heavy atom. The fourth-order valence-corrected chi connectivity index (χ4v) is 0. The van der Waals surface area contributed by atoms with Crippen molar-refractivity contribution in [2.45, 2.75) is 0 Å². The summed E-state index contributed by atoms with van der Waals surface area (Å²) in [5.41, 5.74) is 0. The molecule has 0 aliphatic carbocycles. The molecule has 1 radical (unpaired) electrons. The van der Waals surface area contributed by atoms with Crippen LogP contribution in [0.3, 0.4) is 0 Å². The van der Waals surface area contributed by atoms with Gasteiger partial charge in [0.1, 0.15) is 0 Å². The summed E-state index contributed by atoms with van der Waals surface area (Å²) in [6, 6.07) is 0. The normalized spacial score (nSPS) is 6.00. The molecule has 0 bridgehead atoms. The minimum Gasteiger partial charge on any atom is -0.545 e. The fourth-order valence-electron chi connectivity index (χ4n) is 0. The van der Waals surface area contributed by atoms with Crippen molar-refractivity contribution in [3.05, 3.63) is 75.9 Å². The van der Waals surface area contributed by atoms with Crippen molar-refractivity contribution in [3.8, 4) is 0 Å². The summed E-state index contributed by atoms with van der Waals surface area (Å²) >= 11 is 0. The first-order valence-electron chi connectivity index (χ1n) is 6.71. The number of hydrogen-bond donors (Lipinski definition) is 4. The third kappa shape index (κ3) is 244. The fraction of sp³-hybridized carbons (Fsp3) is 0. The summed E-state index contributed by atoms with van der Waals surface area (Å²) in [5.74, 6) is -6.39. The average Bonchev–Trinajstić information content (AvgIpc) is 2.69. The number of carbonyl (C=O) groups excluding carboxylic acids is 2. The summed E-state index contributed by atoms with van der Waals surface area (Å²) < 4.78 is 0. The second kappa shape index (κ2) is 45.8. The number of aliphatic carboxylic acids is 6. The number of rotatable bonds is 6. The molecule has 0 saturated heterocycles. The van der Waals surface area contributed by atoms with Gasteiger partial charge in [-0.05, 0) is 12.2 Å². The first kappa shape index (κ1) is 51.2. The number of carboxylic acids is 6. The van der Waals surface area contributed by atoms with Crippen LogP contribution in [0.2, 0.25) is 0 Å². The van der Waals surface area contributed by atoms with Gasteiger partial charge in [-0.25, -0.2) is 19.2 Å². The molecule has 12 nitrogen and oxygen atoms in total. The van der Waals surface area contributed by atoms with Gasteiger partial charge in [0, 0.05) is 24.3 Å². The Balaban J connectivity index is -0.0000000356. The molecule has 0 aliphatic rings. The largest absolute Gasteiger partial charge is 3.00 e. The minimum atomic E-state index is -1.23. The molecule has 0 aliphatic heterocycles. The monoisotopic (exact) mass is 513 g/mol. The standard InChI is InChI=1S/6C3H4O2.Al.Fe/c6*1-2-3(4)5;;/h6*2H,1H2,(H,4,5);;/q;;;;;;2*+3/p-2. The van der Waals surface area contributed by atoms with Crippen molar-refractivity contribution in [2.24, 2.45) is 0 Å². The summed E-state index contributed by atoms with van der Waals surface area (Å²) in [4.78, 5) is 55.3. The maximum absolute atomic E-state index is 9.25. The van der Waals surface area contributed by atoms with Gasteiger partial charge >= 0.3 is 58.3 Å². The molecule has 0 rings (SSSR count). The van der Waals surface area contributed by atoms with Crippen molar-refractivity contribution in [1.82, 2.24) is 0 Å². The molecule has 0 fully saturated rings. The zero-order chi connectivity index (χ0) is 25.7. The Hall–Kier alpha value is -3.69. The molecule has 0 aromatic carbocycles. The van der Waals surface area contributed by atoms with E-state index in [0.717, 1.165) is 36.5 Å². The van der Waals surface area contributed by atoms with Crippen LogP contribution in [0.4, 0.5) is 0 Å². The predicted molar refractivity (Wildman–Crippen MR) is 107 cm³/mol. The maximum Gasteiger partial charge on any atom is 3.00 e. The van der Waals surface area contributed by atoms with Gasteiger partial charge in [-0.15, -0.1) is 0 Å². The zero-order valence-electron chi connectivity index (χ0n) is 16.7. The van der Waals surface area contributed by atoms with Crippen molar-refractivity contribution < 1.29 is 76.5 Å². The Labute approximate surface area is 205 Å². The molecule has 0 unspecified atom stereocenters. The van der Waals surface area contributed by atoms with Crippen molar-refractivity contribution in [1.29, 1.82) is 0 Å². The van der Waals surface area contributed by atoms with Crippen molar-refractivity contribution in [3.63, 3.8) is 0 Å². The van der Waals surface area contributed by atoms with Gasteiger partial charge in [0.05, 0.1) is 11.9 Å². The van der Waals surface area contributed by atoms with E-state index in [1.807, 2.05) is 0 Å². The first-order chi connectivity index (χ1) is 13.6. The van der Waals surface area contributed by atoms with Crippen LogP contribution in [-0.2, 0) is 45.8 Å². The summed E-state index contributed by atoms with van der Waals surface area (Å²) in [5, 5.41) is 48.7. The van der Waals surface area contributed by atoms with Crippen LogP contribution < -0.4 is 10.2 Å². The van der Waals surface area contributed by atoms with E-state index in [9.17, 15) is 19.2 Å². The zero-order valence-corrected chi connectivity index (χ0v) is 19.0. The summed E-state index contributed by atoms with van der Waals surface area (Å²) in [6.45, 7) is 17.6. The van der Waals surface area contributed by atoms with E-state index in [4.69, 9.17) is 40.2 Å². The second-order valence-corrected chi connectivity index (χ2v) is 3.22. The van der Waals surface area contributed by atoms with Crippen LogP contribution in [0.5, 0.6) is 0 Å². The van der Waals surface area contributed by atoms with Crippen LogP contribution in [0.1, 0.15) is 0 Å². The molecule has 0 spiro atoms. The van der Waals surface area contributed by atoms with E-state index in [2.05, 4.69) is 39.5 Å². The van der Waals surface area contributed by atoms with E-state index in [-0.39, 0.29) is 34.4 Å². The molecule has 0 saturated carbocycles. The predicted octanol–water partition coefficient (Wildman–Crippen LogP) is -1.51. The molecule has 0 amide bonds. The smallest absolute Gasteiger partial charge is 0.545 e. The van der Waals surface area contributed by atoms with E-state index in [1.54, 1.807) is 0 Å². The van der Waals surface area contributed by atoms with Crippen LogP contribution in [-0.4, -0.2) is 73.6 Å². The Morgan fingerprint density at radius 2 is 0.531 bits per heavy atom. The van der Waals surface area contributed by atoms with Gasteiger partial charge < -0.3 is 40.2 Å². The molecule has 173 valence electrons. The molecule has 14 heteroatoms. The van der Waals surface area contributed by atoms with Crippen molar-refractivity contribution >= 4 is 53.2 Å². The topological polar surface area (TPSA) is 229 Å². The van der Waals surface area contributed by atoms with E-state index in [0.29, 0.717) is 0 Å². The van der Waals surface area contributed by atoms with Crippen LogP contribution in [0, 0.1) is 0 Å². The Morgan fingerprint density at radius 3 is 0.531 bits per heavy atom. The van der Waals surface area contributed by atoms with Gasteiger partial charge in [0.2, 0.25) is 0 Å². The number of carbonyl (C=O) groups is 6. The molecule has 0 atom stereocenters. The van der Waals surface area contributed by atoms with Crippen molar-refractivity contribution in [2.75, 3.05) is 0 Å². The van der Waals surface area contributed by atoms with E-state index in [1.165, 1.54) is 0 Å². The van der Waals surface area contributed by atoms with Gasteiger partial charge in [0.25, 0.3) is 0 Å². The molecule has 0 aromatic rings. The third-order valence-electron chi connectivity index (χ3n) is 1.03. The van der Waals surface area contributed by atoms with Gasteiger partial charge in [-0.2, -0.15) is 0 Å². The quantitative estimate of drug-likeness (QED) is 0.235. The maximum atomic E-state index is 9.25. The van der Waals surface area contributed by atoms with Gasteiger partial charge in [-0.3, -0.25) is 0 Å². The molecule has 4 N–H and O–H groups in total. The Kier molecular flexibility index (Phi) is 73.3. The third-order valence-corrected chi connectivity index (χ3v) is 1.03. The second-order valence-electron chi connectivity index (χ2n) is 3.22. The SMILES string of the molecule is C=CC(=O)O.C=CC(=O)O.C=CC(=O)O.C=CC(=O)O.C=CC(=O)[O-].C=CC(=O)[O-].[Al+3].[Fe+3]. The summed E-state index contributed by atoms with van der Waals surface area (Å²) in [6.07, 6.45) is 4.78. The summed E-state index contributed by atoms with van der Waals surface area (Å²) in [7, 11) is 0. The molecular weight excluding hydrogens is 491 g/mol. The van der Waals surface area contributed by atoms with E-state index < -0.39 is 35.8 Å². The number of hydrogen-bond acceptors (Lipinski definition) is 8. The van der Waals surface area contributed by atoms with Crippen LogP contribution >= 0.6 is 0 Å². The van der Waals surface area contributed by atoms with Crippen LogP contribution in [0.25, 0.3) is 0 Å². The van der Waals surface area contributed by atoms with Crippen LogP contribution in [0.15, 0.2) is 75.9 Å². The van der Waals surface area contributed by atoms with E-state index >= 15 is 0 Å². The van der Waals surface area contributed by atoms with Gasteiger partial charge in [0.15, 0.2) is 0 Å². The minimum absolute atomic E-state index is 0.